The van der Waals surface area contributed by atoms with E-state index < -0.39 is 48.5 Å². The minimum absolute atomic E-state index is 0.0145. The van der Waals surface area contributed by atoms with Crippen molar-refractivity contribution in [1.82, 2.24) is 21.3 Å². The third-order valence-corrected chi connectivity index (χ3v) is 4.70. The molecule has 13 heteroatoms. The second kappa shape index (κ2) is 12.4. The number of hydrogen-bond acceptors (Lipinski definition) is 7. The predicted molar refractivity (Wildman–Crippen MR) is 121 cm³/mol. The molecule has 0 aliphatic carbocycles. The zero-order valence-electron chi connectivity index (χ0n) is 18.4. The van der Waals surface area contributed by atoms with Crippen LogP contribution >= 0.6 is 0 Å². The monoisotopic (exact) mass is 487 g/mol. The molecular formula is C22H25N5O8. The molecule has 0 bridgehead atoms. The van der Waals surface area contributed by atoms with Gasteiger partial charge in [0.2, 0.25) is 17.7 Å². The molecule has 0 saturated heterocycles. The van der Waals surface area contributed by atoms with E-state index in [1.165, 1.54) is 36.4 Å². The Labute approximate surface area is 199 Å². The average molecular weight is 487 g/mol. The molecule has 35 heavy (non-hydrogen) atoms. The number of benzene rings is 2. The lowest BCUT2D eigenvalue weighted by molar-refractivity contribution is -0.129. The van der Waals surface area contributed by atoms with Gasteiger partial charge in [-0.3, -0.25) is 14.4 Å². The number of phenolic OH excluding ortho intramolecular Hbond substituents is 2. The van der Waals surface area contributed by atoms with Gasteiger partial charge in [0, 0.05) is 12.8 Å². The third kappa shape index (κ3) is 9.29. The normalized spacial score (nSPS) is 12.0. The van der Waals surface area contributed by atoms with Crippen LogP contribution in [0.1, 0.15) is 11.1 Å². The number of nitrogens with two attached hydrogens (primary N) is 1. The minimum atomic E-state index is -1.63. The van der Waals surface area contributed by atoms with E-state index in [0.717, 1.165) is 0 Å². The highest BCUT2D eigenvalue weighted by Crippen LogP contribution is 2.12. The third-order valence-electron chi connectivity index (χ3n) is 4.70. The van der Waals surface area contributed by atoms with Gasteiger partial charge in [0.1, 0.15) is 23.6 Å². The second-order valence-electron chi connectivity index (χ2n) is 7.44. The van der Waals surface area contributed by atoms with Crippen LogP contribution in [0.2, 0.25) is 0 Å². The number of carbonyl (C=O) groups excluding carboxylic acids is 4. The molecule has 0 fully saturated rings. The smallest absolute Gasteiger partial charge is 0.412 e. The van der Waals surface area contributed by atoms with Gasteiger partial charge in [-0.25, -0.2) is 14.9 Å². The number of primary amides is 1. The summed E-state index contributed by atoms with van der Waals surface area (Å²) in [5.41, 5.74) is 6.50. The van der Waals surface area contributed by atoms with Crippen LogP contribution in [0.15, 0.2) is 48.5 Å². The number of carboxylic acid groups (broad SMARTS) is 1. The van der Waals surface area contributed by atoms with Crippen molar-refractivity contribution in [2.45, 2.75) is 24.9 Å². The Balaban J connectivity index is 1.99. The molecule has 2 aromatic carbocycles. The Hall–Kier alpha value is -4.81. The van der Waals surface area contributed by atoms with E-state index in [1.807, 2.05) is 0 Å². The van der Waals surface area contributed by atoms with Crippen molar-refractivity contribution in [3.05, 3.63) is 59.7 Å². The van der Waals surface area contributed by atoms with Gasteiger partial charge >= 0.3 is 12.1 Å². The fourth-order valence-electron chi connectivity index (χ4n) is 2.99. The molecule has 6 amide bonds. The molecule has 0 unspecified atom stereocenters. The van der Waals surface area contributed by atoms with E-state index in [1.54, 1.807) is 17.4 Å². The summed E-state index contributed by atoms with van der Waals surface area (Å²) in [6.45, 7) is -0.563. The van der Waals surface area contributed by atoms with E-state index >= 15 is 0 Å². The highest BCUT2D eigenvalue weighted by Gasteiger charge is 2.24. The van der Waals surface area contributed by atoms with Crippen LogP contribution in [0.5, 0.6) is 11.5 Å². The largest absolute Gasteiger partial charge is 0.508 e. The molecule has 0 aliphatic rings. The van der Waals surface area contributed by atoms with Gasteiger partial charge < -0.3 is 37.0 Å². The summed E-state index contributed by atoms with van der Waals surface area (Å²) in [5.74, 6) is -2.33. The first-order valence-electron chi connectivity index (χ1n) is 10.3. The van der Waals surface area contributed by atoms with Crippen LogP contribution < -0.4 is 27.0 Å². The summed E-state index contributed by atoms with van der Waals surface area (Å²) in [7, 11) is 0. The van der Waals surface area contributed by atoms with Crippen molar-refractivity contribution >= 4 is 29.8 Å². The van der Waals surface area contributed by atoms with Crippen molar-refractivity contribution in [2.24, 2.45) is 5.73 Å². The van der Waals surface area contributed by atoms with Gasteiger partial charge in [0.25, 0.3) is 0 Å². The van der Waals surface area contributed by atoms with Crippen LogP contribution in [0, 0.1) is 0 Å². The van der Waals surface area contributed by atoms with E-state index in [-0.39, 0.29) is 24.3 Å². The Morgan fingerprint density at radius 1 is 0.771 bits per heavy atom. The number of urea groups is 1. The summed E-state index contributed by atoms with van der Waals surface area (Å²) in [5, 5.41) is 35.9. The lowest BCUT2D eigenvalue weighted by Gasteiger charge is -2.19. The molecule has 0 saturated carbocycles. The number of aromatic hydroxyl groups is 2. The topological polar surface area (TPSA) is 220 Å². The quantitative estimate of drug-likeness (QED) is 0.214. The van der Waals surface area contributed by atoms with Crippen molar-refractivity contribution < 1.29 is 39.3 Å². The van der Waals surface area contributed by atoms with E-state index in [2.05, 4.69) is 16.0 Å². The molecule has 0 radical (unpaired) electrons. The lowest BCUT2D eigenvalue weighted by atomic mass is 10.0. The zero-order valence-corrected chi connectivity index (χ0v) is 18.4. The Bertz CT molecular complexity index is 1070. The van der Waals surface area contributed by atoms with Gasteiger partial charge in [-0.15, -0.1) is 0 Å². The van der Waals surface area contributed by atoms with Gasteiger partial charge in [0.15, 0.2) is 0 Å². The highest BCUT2D eigenvalue weighted by molar-refractivity contribution is 5.95. The molecule has 2 atom stereocenters. The van der Waals surface area contributed by atoms with Crippen LogP contribution in [0.4, 0.5) is 9.59 Å². The van der Waals surface area contributed by atoms with Gasteiger partial charge in [-0.05, 0) is 35.4 Å². The van der Waals surface area contributed by atoms with Gasteiger partial charge in [-0.2, -0.15) is 0 Å². The molecule has 0 aromatic heterocycles. The maximum atomic E-state index is 12.6. The first kappa shape index (κ1) is 26.4. The van der Waals surface area contributed by atoms with Crippen LogP contribution in [-0.4, -0.2) is 63.8 Å². The van der Waals surface area contributed by atoms with Crippen LogP contribution in [-0.2, 0) is 27.2 Å². The fourth-order valence-corrected chi connectivity index (χ4v) is 2.99. The zero-order chi connectivity index (χ0) is 26.0. The standard InChI is InChI=1S/C22H25N5O8/c23-19(31)16(9-12-1-5-14(28)6-2-12)25-18(30)11-24-20(32)17(26-21(33)27-22(34)35)10-13-3-7-15(29)8-4-13/h1-8,16-17,28-29H,9-11H2,(H2,23,31)(H,24,32)(H,25,30)(H,34,35)(H2,26,27,33)/t16-,17-/m0/s1. The number of nitrogens with one attached hydrogen (secondary N) is 4. The Kier molecular flexibility index (Phi) is 9.39. The Morgan fingerprint density at radius 3 is 1.71 bits per heavy atom. The summed E-state index contributed by atoms with van der Waals surface area (Å²) in [6, 6.07) is 8.17. The second-order valence-corrected chi connectivity index (χ2v) is 7.44. The SMILES string of the molecule is NC(=O)[C@H](Cc1ccc(O)cc1)NC(=O)CNC(=O)[C@H](Cc1ccc(O)cc1)NC(=O)NC(=O)O. The van der Waals surface area contributed by atoms with Crippen molar-refractivity contribution in [3.63, 3.8) is 0 Å². The van der Waals surface area contributed by atoms with Gasteiger partial charge in [-0.1, -0.05) is 24.3 Å². The molecule has 0 aliphatic heterocycles. The molecule has 2 aromatic rings. The molecule has 186 valence electrons. The first-order chi connectivity index (χ1) is 16.5. The van der Waals surface area contributed by atoms with E-state index in [0.29, 0.717) is 11.1 Å². The van der Waals surface area contributed by atoms with E-state index in [4.69, 9.17) is 10.8 Å². The van der Waals surface area contributed by atoms with Crippen LogP contribution in [0.3, 0.4) is 0 Å². The number of amides is 6. The molecule has 2 rings (SSSR count). The average Bonchev–Trinajstić information content (AvgIpc) is 2.78. The molecule has 0 heterocycles. The molecule has 13 nitrogen and oxygen atoms in total. The molecule has 0 spiro atoms. The first-order valence-corrected chi connectivity index (χ1v) is 10.3. The Morgan fingerprint density at radius 2 is 1.26 bits per heavy atom. The summed E-state index contributed by atoms with van der Waals surface area (Å²) in [4.78, 5) is 59.2. The number of carbonyl (C=O) groups is 5. The van der Waals surface area contributed by atoms with E-state index in [9.17, 15) is 34.2 Å². The minimum Gasteiger partial charge on any atom is -0.508 e. The number of rotatable bonds is 10. The highest BCUT2D eigenvalue weighted by atomic mass is 16.4. The number of imide groups is 1. The predicted octanol–water partition coefficient (Wildman–Crippen LogP) is -0.685. The van der Waals surface area contributed by atoms with Crippen molar-refractivity contribution in [1.29, 1.82) is 0 Å². The van der Waals surface area contributed by atoms with Crippen molar-refractivity contribution in [2.75, 3.05) is 6.54 Å². The van der Waals surface area contributed by atoms with Crippen molar-refractivity contribution in [3.8, 4) is 11.5 Å². The molecular weight excluding hydrogens is 462 g/mol. The molecule has 9 N–H and O–H groups in total. The summed E-state index contributed by atoms with van der Waals surface area (Å²) >= 11 is 0. The fraction of sp³-hybridized carbons (Fsp3) is 0.227. The maximum absolute atomic E-state index is 12.6. The van der Waals surface area contributed by atoms with Gasteiger partial charge in [0.05, 0.1) is 6.54 Å². The van der Waals surface area contributed by atoms with Crippen LogP contribution in [0.25, 0.3) is 0 Å². The maximum Gasteiger partial charge on any atom is 0.412 e. The summed E-state index contributed by atoms with van der Waals surface area (Å²) < 4.78 is 0. The number of hydrogen-bond donors (Lipinski definition) is 8. The lowest BCUT2D eigenvalue weighted by Crippen LogP contribution is -2.54. The number of phenols is 2. The summed E-state index contributed by atoms with van der Waals surface area (Å²) in [6.07, 6.45) is -1.65.